The molecule has 1 aromatic rings. The number of aliphatic hydroxyl groups excluding tert-OH is 1. The molecule has 1 aliphatic carbocycles. The molecule has 1 fully saturated rings. The van der Waals surface area contributed by atoms with Crippen molar-refractivity contribution in [1.29, 1.82) is 0 Å². The van der Waals surface area contributed by atoms with Crippen LogP contribution in [-0.2, 0) is 4.79 Å². The van der Waals surface area contributed by atoms with Gasteiger partial charge in [0.05, 0.1) is 6.10 Å². The number of aliphatic hydroxyl groups is 1. The molecule has 140 valence electrons. The fourth-order valence-corrected chi connectivity index (χ4v) is 3.80. The highest BCUT2D eigenvalue weighted by molar-refractivity contribution is 5.73. The Morgan fingerprint density at radius 1 is 1.32 bits per heavy atom. The van der Waals surface area contributed by atoms with Crippen LogP contribution in [-0.4, -0.2) is 29.1 Å². The van der Waals surface area contributed by atoms with Gasteiger partial charge in [-0.25, -0.2) is 4.39 Å². The molecule has 1 atom stereocenters. The molecule has 1 aliphatic rings. The van der Waals surface area contributed by atoms with Crippen molar-refractivity contribution in [3.8, 4) is 0 Å². The van der Waals surface area contributed by atoms with Crippen LogP contribution in [0, 0.1) is 11.7 Å². The summed E-state index contributed by atoms with van der Waals surface area (Å²) in [5.74, 6) is 0.349. The third-order valence-corrected chi connectivity index (χ3v) is 5.06. The number of carbonyl (C=O) groups excluding carboxylic acids is 1. The van der Waals surface area contributed by atoms with Gasteiger partial charge in [-0.3, -0.25) is 4.79 Å². The number of carbonyl (C=O) groups is 1. The summed E-state index contributed by atoms with van der Waals surface area (Å²) in [7, 11) is 0. The molecule has 0 aromatic heterocycles. The number of hydrogen-bond donors (Lipinski definition) is 3. The molecule has 4 nitrogen and oxygen atoms in total. The maximum atomic E-state index is 13.3. The fourth-order valence-electron chi connectivity index (χ4n) is 3.80. The first-order valence-electron chi connectivity index (χ1n) is 9.21. The maximum Gasteiger partial charge on any atom is 0.217 e. The van der Waals surface area contributed by atoms with Gasteiger partial charge in [0.1, 0.15) is 5.82 Å². The van der Waals surface area contributed by atoms with Gasteiger partial charge in [-0.2, -0.15) is 0 Å². The lowest BCUT2D eigenvalue weighted by molar-refractivity contribution is -0.119. The Morgan fingerprint density at radius 3 is 2.60 bits per heavy atom. The molecule has 1 amide bonds. The van der Waals surface area contributed by atoms with Gasteiger partial charge in [0.2, 0.25) is 5.91 Å². The number of nitrogens with one attached hydrogen (secondary N) is 2. The largest absolute Gasteiger partial charge is 0.387 e. The van der Waals surface area contributed by atoms with Crippen LogP contribution in [0.25, 0.3) is 0 Å². The first kappa shape index (κ1) is 19.9. The Balaban J connectivity index is 1.77. The topological polar surface area (TPSA) is 61.4 Å². The van der Waals surface area contributed by atoms with Gasteiger partial charge in [-0.05, 0) is 69.6 Å². The van der Waals surface area contributed by atoms with Crippen LogP contribution in [0.15, 0.2) is 24.3 Å². The lowest BCUT2D eigenvalue weighted by Crippen LogP contribution is -2.44. The minimum absolute atomic E-state index is 0.0526. The van der Waals surface area contributed by atoms with Gasteiger partial charge in [0.15, 0.2) is 0 Å². The normalized spacial score (nSPS) is 22.4. The zero-order valence-corrected chi connectivity index (χ0v) is 15.5. The summed E-state index contributed by atoms with van der Waals surface area (Å²) in [6.07, 6.45) is 4.60. The van der Waals surface area contributed by atoms with Crippen LogP contribution in [0.4, 0.5) is 4.39 Å². The van der Waals surface area contributed by atoms with Gasteiger partial charge in [0.25, 0.3) is 0 Å². The van der Waals surface area contributed by atoms with Gasteiger partial charge in [0, 0.05) is 25.0 Å². The van der Waals surface area contributed by atoms with Crippen LogP contribution in [0.3, 0.4) is 0 Å². The summed E-state index contributed by atoms with van der Waals surface area (Å²) in [5, 5.41) is 16.7. The lowest BCUT2D eigenvalue weighted by atomic mass is 9.79. The Morgan fingerprint density at radius 2 is 2.00 bits per heavy atom. The second-order valence-corrected chi connectivity index (χ2v) is 7.96. The van der Waals surface area contributed by atoms with Crippen LogP contribution in [0.2, 0.25) is 0 Å². The second kappa shape index (κ2) is 8.77. The Labute approximate surface area is 150 Å². The predicted octanol–water partition coefficient (Wildman–Crippen LogP) is 3.31. The molecular weight excluding hydrogens is 319 g/mol. The van der Waals surface area contributed by atoms with E-state index in [4.69, 9.17) is 0 Å². The molecule has 25 heavy (non-hydrogen) atoms. The molecule has 3 N–H and O–H groups in total. The summed E-state index contributed by atoms with van der Waals surface area (Å²) in [6, 6.07) is 6.44. The minimum atomic E-state index is -0.717. The number of amides is 1. The molecule has 0 unspecified atom stereocenters. The number of halogens is 1. The first-order chi connectivity index (χ1) is 11.7. The second-order valence-electron chi connectivity index (χ2n) is 7.96. The number of β-amino-alcohol motifs (C(OH)–C–C–N with tert-alkyl or cyclic N) is 1. The van der Waals surface area contributed by atoms with E-state index in [1.165, 1.54) is 12.1 Å². The van der Waals surface area contributed by atoms with E-state index in [1.54, 1.807) is 19.1 Å². The van der Waals surface area contributed by atoms with Gasteiger partial charge >= 0.3 is 0 Å². The van der Waals surface area contributed by atoms with E-state index in [0.29, 0.717) is 24.1 Å². The number of hydrogen-bond acceptors (Lipinski definition) is 3. The van der Waals surface area contributed by atoms with E-state index in [0.717, 1.165) is 32.1 Å². The van der Waals surface area contributed by atoms with Crippen molar-refractivity contribution < 1.29 is 14.3 Å². The average molecular weight is 350 g/mol. The summed E-state index contributed by atoms with van der Waals surface area (Å²) in [4.78, 5) is 11.1. The van der Waals surface area contributed by atoms with Crippen molar-refractivity contribution in [2.75, 3.05) is 6.54 Å². The fraction of sp³-hybridized carbons (Fsp3) is 0.650. The minimum Gasteiger partial charge on any atom is -0.387 e. The number of rotatable bonds is 7. The zero-order valence-electron chi connectivity index (χ0n) is 15.5. The summed E-state index contributed by atoms with van der Waals surface area (Å²) in [6.45, 7) is 6.26. The van der Waals surface area contributed by atoms with Crippen molar-refractivity contribution in [1.82, 2.24) is 10.6 Å². The molecule has 0 aliphatic heterocycles. The van der Waals surface area contributed by atoms with Crippen LogP contribution in [0.1, 0.15) is 64.5 Å². The number of benzene rings is 1. The van der Waals surface area contributed by atoms with Crippen molar-refractivity contribution >= 4 is 5.91 Å². The Hall–Kier alpha value is -1.46. The van der Waals surface area contributed by atoms with Gasteiger partial charge in [-0.1, -0.05) is 12.1 Å². The van der Waals surface area contributed by atoms with Gasteiger partial charge < -0.3 is 15.7 Å². The quantitative estimate of drug-likeness (QED) is 0.707. The SMILES string of the molecule is CC(=O)NC1CCC(CC(C)(C)NC[C@H](O)c2cccc(F)c2)CC1. The molecule has 0 heterocycles. The Kier molecular flexibility index (Phi) is 6.96. The van der Waals surface area contributed by atoms with Crippen molar-refractivity contribution in [3.05, 3.63) is 35.6 Å². The monoisotopic (exact) mass is 350 g/mol. The molecule has 2 rings (SSSR count). The highest BCUT2D eigenvalue weighted by atomic mass is 19.1. The van der Waals surface area contributed by atoms with Crippen LogP contribution >= 0.6 is 0 Å². The average Bonchev–Trinajstić information content (AvgIpc) is 2.54. The van der Waals surface area contributed by atoms with Crippen LogP contribution < -0.4 is 10.6 Å². The van der Waals surface area contributed by atoms with E-state index >= 15 is 0 Å². The molecule has 1 saturated carbocycles. The lowest BCUT2D eigenvalue weighted by Gasteiger charge is -2.35. The molecule has 0 spiro atoms. The summed E-state index contributed by atoms with van der Waals surface area (Å²) >= 11 is 0. The summed E-state index contributed by atoms with van der Waals surface area (Å²) in [5.41, 5.74) is 0.499. The van der Waals surface area contributed by atoms with E-state index in [-0.39, 0.29) is 17.3 Å². The molecule has 1 aromatic carbocycles. The van der Waals surface area contributed by atoms with E-state index in [9.17, 15) is 14.3 Å². The molecule has 0 saturated heterocycles. The van der Waals surface area contributed by atoms with E-state index in [2.05, 4.69) is 24.5 Å². The Bertz CT molecular complexity index is 569. The standard InChI is InChI=1S/C20H31FN2O2/c1-14(24)23-18-9-7-15(8-10-18)12-20(2,3)22-13-19(25)16-5-4-6-17(21)11-16/h4-6,11,15,18-19,22,25H,7-10,12-13H2,1-3H3,(H,23,24)/t15?,18?,19-/m0/s1. The first-order valence-corrected chi connectivity index (χ1v) is 9.21. The van der Waals surface area contributed by atoms with E-state index in [1.807, 2.05) is 0 Å². The highest BCUT2D eigenvalue weighted by Crippen LogP contribution is 2.31. The molecule has 0 bridgehead atoms. The van der Waals surface area contributed by atoms with Crippen LogP contribution in [0.5, 0.6) is 0 Å². The predicted molar refractivity (Wildman–Crippen MR) is 97.6 cm³/mol. The molecule has 0 radical (unpaired) electrons. The highest BCUT2D eigenvalue weighted by Gasteiger charge is 2.28. The zero-order chi connectivity index (χ0) is 18.4. The third kappa shape index (κ3) is 6.75. The van der Waals surface area contributed by atoms with Crippen molar-refractivity contribution in [3.63, 3.8) is 0 Å². The third-order valence-electron chi connectivity index (χ3n) is 5.06. The molecular formula is C20H31FN2O2. The van der Waals surface area contributed by atoms with Crippen molar-refractivity contribution in [2.24, 2.45) is 5.92 Å². The van der Waals surface area contributed by atoms with E-state index < -0.39 is 6.10 Å². The summed E-state index contributed by atoms with van der Waals surface area (Å²) < 4.78 is 13.3. The van der Waals surface area contributed by atoms with Gasteiger partial charge in [-0.15, -0.1) is 0 Å². The molecule has 5 heteroatoms. The van der Waals surface area contributed by atoms with Crippen molar-refractivity contribution in [2.45, 2.75) is 70.6 Å². The smallest absolute Gasteiger partial charge is 0.217 e. The maximum absolute atomic E-state index is 13.3.